The predicted molar refractivity (Wildman–Crippen MR) is 89.5 cm³/mol. The fraction of sp³-hybridized carbons (Fsp3) is 0.933. The molecule has 0 aliphatic carbocycles. The third kappa shape index (κ3) is 6.68. The molecule has 1 rings (SSSR count). The molecule has 0 aromatic heterocycles. The summed E-state index contributed by atoms with van der Waals surface area (Å²) in [6, 6.07) is 0. The molecule has 1 N–H and O–H groups in total. The molecule has 6 heteroatoms. The first-order valence-corrected chi connectivity index (χ1v) is 9.99. The van der Waals surface area contributed by atoms with Crippen molar-refractivity contribution in [2.24, 2.45) is 10.4 Å². The van der Waals surface area contributed by atoms with Crippen molar-refractivity contribution in [2.75, 3.05) is 38.7 Å². The second-order valence-corrected chi connectivity index (χ2v) is 8.80. The van der Waals surface area contributed by atoms with Crippen LogP contribution in [-0.4, -0.2) is 58.0 Å². The van der Waals surface area contributed by atoms with Crippen LogP contribution in [0.3, 0.4) is 0 Å². The Morgan fingerprint density at radius 1 is 1.43 bits per heavy atom. The zero-order chi connectivity index (χ0) is 15.9. The molecule has 1 atom stereocenters. The first-order valence-electron chi connectivity index (χ1n) is 7.93. The molecule has 1 aliphatic heterocycles. The van der Waals surface area contributed by atoms with Gasteiger partial charge in [-0.1, -0.05) is 20.3 Å². The number of rotatable bonds is 6. The zero-order valence-electron chi connectivity index (χ0n) is 14.0. The van der Waals surface area contributed by atoms with Gasteiger partial charge in [-0.3, -0.25) is 4.99 Å². The van der Waals surface area contributed by atoms with E-state index in [9.17, 15) is 8.42 Å². The molecule has 124 valence electrons. The average molecular weight is 317 g/mol. The topological polar surface area (TPSA) is 61.8 Å². The largest absolute Gasteiger partial charge is 0.356 e. The normalized spacial score (nSPS) is 24.2. The SMILES string of the molecule is CCCC1(C)CCCN(C(=NC)NCCCS(C)(=O)=O)C1. The summed E-state index contributed by atoms with van der Waals surface area (Å²) in [5.74, 6) is 1.13. The maximum atomic E-state index is 11.1. The van der Waals surface area contributed by atoms with Gasteiger partial charge in [0.05, 0.1) is 5.75 Å². The van der Waals surface area contributed by atoms with Crippen molar-refractivity contribution in [3.63, 3.8) is 0 Å². The van der Waals surface area contributed by atoms with Crippen molar-refractivity contribution in [1.29, 1.82) is 0 Å². The number of guanidine groups is 1. The molecule has 0 saturated carbocycles. The summed E-state index contributed by atoms with van der Waals surface area (Å²) in [6.07, 6.45) is 6.84. The van der Waals surface area contributed by atoms with E-state index < -0.39 is 9.84 Å². The summed E-state index contributed by atoms with van der Waals surface area (Å²) in [5.41, 5.74) is 0.372. The monoisotopic (exact) mass is 317 g/mol. The van der Waals surface area contributed by atoms with E-state index in [1.165, 1.54) is 31.9 Å². The summed E-state index contributed by atoms with van der Waals surface area (Å²) >= 11 is 0. The van der Waals surface area contributed by atoms with Crippen LogP contribution in [0.2, 0.25) is 0 Å². The minimum Gasteiger partial charge on any atom is -0.356 e. The lowest BCUT2D eigenvalue weighted by molar-refractivity contribution is 0.142. The van der Waals surface area contributed by atoms with E-state index in [2.05, 4.69) is 29.1 Å². The fourth-order valence-electron chi connectivity index (χ4n) is 3.17. The van der Waals surface area contributed by atoms with Gasteiger partial charge in [0, 0.05) is 32.9 Å². The molecular weight excluding hydrogens is 286 g/mol. The van der Waals surface area contributed by atoms with Gasteiger partial charge in [0.15, 0.2) is 5.96 Å². The van der Waals surface area contributed by atoms with Crippen molar-refractivity contribution < 1.29 is 8.42 Å². The molecule has 0 aromatic rings. The van der Waals surface area contributed by atoms with E-state index in [1.54, 1.807) is 7.05 Å². The van der Waals surface area contributed by atoms with E-state index in [4.69, 9.17) is 0 Å². The Balaban J connectivity index is 2.48. The Labute approximate surface area is 130 Å². The molecular formula is C15H31N3O2S. The van der Waals surface area contributed by atoms with Crippen LogP contribution < -0.4 is 5.32 Å². The van der Waals surface area contributed by atoms with Crippen LogP contribution in [0.25, 0.3) is 0 Å². The second-order valence-electron chi connectivity index (χ2n) is 6.54. The van der Waals surface area contributed by atoms with Gasteiger partial charge in [0.1, 0.15) is 9.84 Å². The minimum absolute atomic E-state index is 0.227. The summed E-state index contributed by atoms with van der Waals surface area (Å²) in [4.78, 5) is 6.67. The van der Waals surface area contributed by atoms with Crippen molar-refractivity contribution in [2.45, 2.75) is 46.0 Å². The lowest BCUT2D eigenvalue weighted by Gasteiger charge is -2.42. The minimum atomic E-state index is -2.87. The van der Waals surface area contributed by atoms with Crippen LogP contribution in [0.5, 0.6) is 0 Å². The van der Waals surface area contributed by atoms with Gasteiger partial charge in [-0.05, 0) is 31.1 Å². The molecule has 0 aromatic carbocycles. The number of sulfone groups is 1. The van der Waals surface area contributed by atoms with Gasteiger partial charge in [0.25, 0.3) is 0 Å². The molecule has 0 radical (unpaired) electrons. The van der Waals surface area contributed by atoms with Gasteiger partial charge in [-0.2, -0.15) is 0 Å². The third-order valence-electron chi connectivity index (χ3n) is 4.12. The highest BCUT2D eigenvalue weighted by atomic mass is 32.2. The highest BCUT2D eigenvalue weighted by Gasteiger charge is 2.31. The molecule has 1 fully saturated rings. The van der Waals surface area contributed by atoms with Crippen LogP contribution >= 0.6 is 0 Å². The van der Waals surface area contributed by atoms with Crippen molar-refractivity contribution in [1.82, 2.24) is 10.2 Å². The van der Waals surface area contributed by atoms with Gasteiger partial charge in [-0.15, -0.1) is 0 Å². The molecule has 0 amide bonds. The smallest absolute Gasteiger partial charge is 0.193 e. The molecule has 1 aliphatic rings. The highest BCUT2D eigenvalue weighted by molar-refractivity contribution is 7.90. The van der Waals surface area contributed by atoms with Gasteiger partial charge < -0.3 is 10.2 Å². The highest BCUT2D eigenvalue weighted by Crippen LogP contribution is 2.33. The zero-order valence-corrected chi connectivity index (χ0v) is 14.8. The molecule has 21 heavy (non-hydrogen) atoms. The first-order chi connectivity index (χ1) is 9.79. The Morgan fingerprint density at radius 2 is 2.14 bits per heavy atom. The molecule has 1 unspecified atom stereocenters. The molecule has 0 spiro atoms. The third-order valence-corrected chi connectivity index (χ3v) is 5.15. The van der Waals surface area contributed by atoms with Crippen LogP contribution in [0.1, 0.15) is 46.0 Å². The van der Waals surface area contributed by atoms with Gasteiger partial charge in [0.2, 0.25) is 0 Å². The summed E-state index contributed by atoms with van der Waals surface area (Å²) in [7, 11) is -1.08. The fourth-order valence-corrected chi connectivity index (χ4v) is 3.84. The van der Waals surface area contributed by atoms with Gasteiger partial charge in [-0.25, -0.2) is 8.42 Å². The Hall–Kier alpha value is -0.780. The second kappa shape index (κ2) is 8.01. The van der Waals surface area contributed by atoms with Crippen LogP contribution in [0, 0.1) is 5.41 Å². The molecule has 5 nitrogen and oxygen atoms in total. The lowest BCUT2D eigenvalue weighted by atomic mass is 9.78. The van der Waals surface area contributed by atoms with Crippen LogP contribution in [0.4, 0.5) is 0 Å². The maximum Gasteiger partial charge on any atom is 0.193 e. The average Bonchev–Trinajstić information content (AvgIpc) is 2.37. The maximum absolute atomic E-state index is 11.1. The number of aliphatic imine (C=N–C) groups is 1. The van der Waals surface area contributed by atoms with Crippen LogP contribution in [-0.2, 0) is 9.84 Å². The Kier molecular flexibility index (Phi) is 6.97. The molecule has 0 bridgehead atoms. The lowest BCUT2D eigenvalue weighted by Crippen LogP contribution is -2.50. The summed E-state index contributed by atoms with van der Waals surface area (Å²) in [6.45, 7) is 7.32. The Bertz CT molecular complexity index is 444. The Morgan fingerprint density at radius 3 is 2.71 bits per heavy atom. The number of likely N-dealkylation sites (tertiary alicyclic amines) is 1. The number of hydrogen-bond acceptors (Lipinski definition) is 3. The number of piperidine rings is 1. The van der Waals surface area contributed by atoms with E-state index >= 15 is 0 Å². The number of nitrogens with zero attached hydrogens (tertiary/aromatic N) is 2. The van der Waals surface area contributed by atoms with E-state index in [0.717, 1.165) is 19.0 Å². The van der Waals surface area contributed by atoms with Gasteiger partial charge >= 0.3 is 0 Å². The predicted octanol–water partition coefficient (Wildman–Crippen LogP) is 1.90. The standard InChI is InChI=1S/C15H31N3O2S/c1-5-8-15(2)9-6-11-18(13-15)14(16-3)17-10-7-12-21(4,19)20/h5-13H2,1-4H3,(H,16,17). The molecule has 1 saturated heterocycles. The molecule has 1 heterocycles. The van der Waals surface area contributed by atoms with Crippen LogP contribution in [0.15, 0.2) is 4.99 Å². The number of nitrogens with one attached hydrogen (secondary N) is 1. The van der Waals surface area contributed by atoms with Crippen molar-refractivity contribution in [3.8, 4) is 0 Å². The van der Waals surface area contributed by atoms with Crippen molar-refractivity contribution >= 4 is 15.8 Å². The van der Waals surface area contributed by atoms with Crippen molar-refractivity contribution in [3.05, 3.63) is 0 Å². The summed E-state index contributed by atoms with van der Waals surface area (Å²) in [5, 5.41) is 3.30. The van der Waals surface area contributed by atoms with E-state index in [-0.39, 0.29) is 5.75 Å². The first kappa shape index (κ1) is 18.3. The quantitative estimate of drug-likeness (QED) is 0.462. The number of hydrogen-bond donors (Lipinski definition) is 1. The van der Waals surface area contributed by atoms with E-state index in [0.29, 0.717) is 18.4 Å². The summed E-state index contributed by atoms with van der Waals surface area (Å²) < 4.78 is 22.3. The van der Waals surface area contributed by atoms with E-state index in [1.807, 2.05) is 0 Å².